The SMILES string of the molecule is CC(C)c1ccc(/C=C/C(=O)Nc2cc(C3OCCCO3)ccc2O)cc1. The van der Waals surface area contributed by atoms with Crippen LogP contribution in [0.25, 0.3) is 6.08 Å². The Morgan fingerprint density at radius 1 is 1.15 bits per heavy atom. The third-order valence-electron chi connectivity index (χ3n) is 4.41. The number of hydrogen-bond donors (Lipinski definition) is 2. The maximum Gasteiger partial charge on any atom is 0.248 e. The molecule has 2 aromatic rings. The summed E-state index contributed by atoms with van der Waals surface area (Å²) in [7, 11) is 0. The Bertz CT molecular complexity index is 806. The highest BCUT2D eigenvalue weighted by Gasteiger charge is 2.18. The smallest absolute Gasteiger partial charge is 0.248 e. The van der Waals surface area contributed by atoms with Gasteiger partial charge < -0.3 is 19.9 Å². The second-order valence-electron chi connectivity index (χ2n) is 6.85. The van der Waals surface area contributed by atoms with E-state index in [-0.39, 0.29) is 11.7 Å². The maximum atomic E-state index is 12.2. The number of nitrogens with one attached hydrogen (secondary N) is 1. The summed E-state index contributed by atoms with van der Waals surface area (Å²) in [6.07, 6.45) is 3.59. The van der Waals surface area contributed by atoms with Crippen LogP contribution in [-0.4, -0.2) is 24.2 Å². The highest BCUT2D eigenvalue weighted by molar-refractivity contribution is 6.02. The molecule has 0 radical (unpaired) electrons. The van der Waals surface area contributed by atoms with Crippen LogP contribution in [-0.2, 0) is 14.3 Å². The van der Waals surface area contributed by atoms with Gasteiger partial charge in [-0.2, -0.15) is 0 Å². The predicted octanol–water partition coefficient (Wildman–Crippen LogP) is 4.60. The number of hydrogen-bond acceptors (Lipinski definition) is 4. The van der Waals surface area contributed by atoms with Crippen molar-refractivity contribution < 1.29 is 19.4 Å². The molecule has 0 aliphatic carbocycles. The van der Waals surface area contributed by atoms with Gasteiger partial charge in [0.15, 0.2) is 6.29 Å². The molecule has 0 aromatic heterocycles. The molecular formula is C22H25NO4. The number of phenolic OH excluding ortho intramolecular Hbond substituents is 1. The van der Waals surface area contributed by atoms with E-state index in [0.717, 1.165) is 17.5 Å². The molecule has 5 heteroatoms. The highest BCUT2D eigenvalue weighted by Crippen LogP contribution is 2.30. The number of rotatable bonds is 5. The monoisotopic (exact) mass is 367 g/mol. The van der Waals surface area contributed by atoms with E-state index in [1.54, 1.807) is 18.2 Å². The summed E-state index contributed by atoms with van der Waals surface area (Å²) >= 11 is 0. The largest absolute Gasteiger partial charge is 0.506 e. The highest BCUT2D eigenvalue weighted by atomic mass is 16.7. The summed E-state index contributed by atoms with van der Waals surface area (Å²) < 4.78 is 11.1. The molecule has 0 saturated carbocycles. The third-order valence-corrected chi connectivity index (χ3v) is 4.41. The second kappa shape index (κ2) is 8.84. The van der Waals surface area contributed by atoms with Crippen LogP contribution in [0.4, 0.5) is 5.69 Å². The van der Waals surface area contributed by atoms with Gasteiger partial charge in [-0.05, 0) is 41.7 Å². The quantitative estimate of drug-likeness (QED) is 0.598. The van der Waals surface area contributed by atoms with Gasteiger partial charge in [0.2, 0.25) is 5.91 Å². The lowest BCUT2D eigenvalue weighted by atomic mass is 10.0. The van der Waals surface area contributed by atoms with Crippen LogP contribution in [0.2, 0.25) is 0 Å². The van der Waals surface area contributed by atoms with Gasteiger partial charge in [-0.15, -0.1) is 0 Å². The summed E-state index contributed by atoms with van der Waals surface area (Å²) in [5, 5.41) is 12.7. The Labute approximate surface area is 159 Å². The molecule has 0 atom stereocenters. The van der Waals surface area contributed by atoms with Crippen molar-refractivity contribution in [1.82, 2.24) is 0 Å². The van der Waals surface area contributed by atoms with Crippen LogP contribution < -0.4 is 5.32 Å². The number of carbonyl (C=O) groups is 1. The van der Waals surface area contributed by atoms with E-state index >= 15 is 0 Å². The van der Waals surface area contributed by atoms with Crippen molar-refractivity contribution >= 4 is 17.7 Å². The Morgan fingerprint density at radius 2 is 1.85 bits per heavy atom. The molecule has 5 nitrogen and oxygen atoms in total. The summed E-state index contributed by atoms with van der Waals surface area (Å²) in [6.45, 7) is 5.54. The van der Waals surface area contributed by atoms with Crippen molar-refractivity contribution in [3.05, 3.63) is 65.2 Å². The van der Waals surface area contributed by atoms with Crippen molar-refractivity contribution in [3.8, 4) is 5.75 Å². The molecule has 1 aliphatic rings. The van der Waals surface area contributed by atoms with Crippen LogP contribution in [0, 0.1) is 0 Å². The van der Waals surface area contributed by atoms with E-state index in [1.807, 2.05) is 12.1 Å². The number of amides is 1. The first kappa shape index (κ1) is 19.1. The zero-order chi connectivity index (χ0) is 19.2. The fourth-order valence-electron chi connectivity index (χ4n) is 2.82. The minimum absolute atomic E-state index is 0.00223. The molecule has 2 N–H and O–H groups in total. The molecule has 27 heavy (non-hydrogen) atoms. The van der Waals surface area contributed by atoms with Crippen molar-refractivity contribution in [2.75, 3.05) is 18.5 Å². The average Bonchev–Trinajstić information content (AvgIpc) is 2.69. The Morgan fingerprint density at radius 3 is 2.52 bits per heavy atom. The average molecular weight is 367 g/mol. The van der Waals surface area contributed by atoms with Crippen molar-refractivity contribution in [2.24, 2.45) is 0 Å². The molecule has 0 spiro atoms. The maximum absolute atomic E-state index is 12.2. The normalized spacial score (nSPS) is 15.4. The van der Waals surface area contributed by atoms with Gasteiger partial charge in [-0.25, -0.2) is 0 Å². The summed E-state index contributed by atoms with van der Waals surface area (Å²) in [4.78, 5) is 12.2. The van der Waals surface area contributed by atoms with E-state index in [2.05, 4.69) is 31.3 Å². The van der Waals surface area contributed by atoms with E-state index < -0.39 is 6.29 Å². The summed E-state index contributed by atoms with van der Waals surface area (Å²) in [5.41, 5.74) is 3.29. The first-order chi connectivity index (χ1) is 13.0. The van der Waals surface area contributed by atoms with E-state index in [0.29, 0.717) is 24.8 Å². The Kier molecular flexibility index (Phi) is 6.27. The van der Waals surface area contributed by atoms with E-state index in [4.69, 9.17) is 9.47 Å². The fraction of sp³-hybridized carbons (Fsp3) is 0.318. The molecule has 2 aromatic carbocycles. The fourth-order valence-corrected chi connectivity index (χ4v) is 2.82. The molecule has 1 amide bonds. The molecule has 1 fully saturated rings. The molecular weight excluding hydrogens is 342 g/mol. The zero-order valence-electron chi connectivity index (χ0n) is 15.6. The lowest BCUT2D eigenvalue weighted by molar-refractivity contribution is -0.183. The Hall–Kier alpha value is -2.63. The number of phenols is 1. The standard InChI is InChI=1S/C22H25NO4/c1-15(2)17-7-4-16(5-8-17)6-11-21(25)23-19-14-18(9-10-20(19)24)22-26-12-3-13-27-22/h4-11,14-15,22,24H,3,12-13H2,1-2H3,(H,23,25)/b11-6+. The van der Waals surface area contributed by atoms with Gasteiger partial charge in [0, 0.05) is 11.6 Å². The van der Waals surface area contributed by atoms with Crippen molar-refractivity contribution in [3.63, 3.8) is 0 Å². The number of carbonyl (C=O) groups excluding carboxylic acids is 1. The molecule has 0 unspecified atom stereocenters. The number of aromatic hydroxyl groups is 1. The zero-order valence-corrected chi connectivity index (χ0v) is 15.6. The third kappa shape index (κ3) is 5.18. The van der Waals surface area contributed by atoms with Gasteiger partial charge in [-0.1, -0.05) is 44.2 Å². The summed E-state index contributed by atoms with van der Waals surface area (Å²) in [6, 6.07) is 13.0. The topological polar surface area (TPSA) is 67.8 Å². The number of benzene rings is 2. The van der Waals surface area contributed by atoms with Crippen LogP contribution in [0.3, 0.4) is 0 Å². The van der Waals surface area contributed by atoms with Gasteiger partial charge >= 0.3 is 0 Å². The molecule has 1 heterocycles. The number of ether oxygens (including phenoxy) is 2. The minimum Gasteiger partial charge on any atom is -0.506 e. The minimum atomic E-state index is -0.468. The van der Waals surface area contributed by atoms with E-state index in [1.165, 1.54) is 17.7 Å². The lowest BCUT2D eigenvalue weighted by Gasteiger charge is -2.24. The van der Waals surface area contributed by atoms with Crippen molar-refractivity contribution in [1.29, 1.82) is 0 Å². The second-order valence-corrected chi connectivity index (χ2v) is 6.85. The molecule has 142 valence electrons. The van der Waals surface area contributed by atoms with Crippen LogP contribution >= 0.6 is 0 Å². The van der Waals surface area contributed by atoms with Gasteiger partial charge in [-0.3, -0.25) is 4.79 Å². The van der Waals surface area contributed by atoms with Gasteiger partial charge in [0.25, 0.3) is 0 Å². The van der Waals surface area contributed by atoms with E-state index in [9.17, 15) is 9.90 Å². The van der Waals surface area contributed by atoms with Gasteiger partial charge in [0.05, 0.1) is 18.9 Å². The van der Waals surface area contributed by atoms with Crippen molar-refractivity contribution in [2.45, 2.75) is 32.5 Å². The molecule has 3 rings (SSSR count). The first-order valence-corrected chi connectivity index (χ1v) is 9.18. The molecule has 0 bridgehead atoms. The predicted molar refractivity (Wildman–Crippen MR) is 106 cm³/mol. The Balaban J connectivity index is 1.66. The first-order valence-electron chi connectivity index (χ1n) is 9.18. The molecule has 1 saturated heterocycles. The lowest BCUT2D eigenvalue weighted by Crippen LogP contribution is -2.18. The number of anilines is 1. The van der Waals surface area contributed by atoms with Gasteiger partial charge in [0.1, 0.15) is 5.75 Å². The summed E-state index contributed by atoms with van der Waals surface area (Å²) in [5.74, 6) is 0.150. The van der Waals surface area contributed by atoms with Crippen LogP contribution in [0.15, 0.2) is 48.5 Å². The van der Waals surface area contributed by atoms with Crippen LogP contribution in [0.1, 0.15) is 49.2 Å². The molecule has 1 aliphatic heterocycles. The van der Waals surface area contributed by atoms with Crippen LogP contribution in [0.5, 0.6) is 5.75 Å².